The van der Waals surface area contributed by atoms with Crippen molar-refractivity contribution in [2.75, 3.05) is 11.9 Å². The summed E-state index contributed by atoms with van der Waals surface area (Å²) in [5.74, 6) is -0.344. The van der Waals surface area contributed by atoms with E-state index in [1.54, 1.807) is 0 Å². The zero-order valence-corrected chi connectivity index (χ0v) is 24.0. The quantitative estimate of drug-likeness (QED) is 0.422. The Balaban J connectivity index is 1.45. The van der Waals surface area contributed by atoms with Gasteiger partial charge in [0.05, 0.1) is 18.4 Å². The molecule has 8 heteroatoms. The normalized spacial score (nSPS) is 30.8. The molecule has 1 heterocycles. The first-order valence-electron chi connectivity index (χ1n) is 13.8. The summed E-state index contributed by atoms with van der Waals surface area (Å²) in [6.45, 7) is 10.5. The number of aliphatic hydroxyl groups excluding tert-OH is 2. The molecule has 5 atom stereocenters. The predicted molar refractivity (Wildman–Crippen MR) is 149 cm³/mol. The maximum Gasteiger partial charge on any atom is 0.257 e. The largest absolute Gasteiger partial charge is 0.396 e. The van der Waals surface area contributed by atoms with Crippen molar-refractivity contribution in [1.29, 1.82) is 0 Å². The van der Waals surface area contributed by atoms with Crippen LogP contribution in [0.4, 0.5) is 5.13 Å². The average molecular weight is 540 g/mol. The van der Waals surface area contributed by atoms with Crippen LogP contribution in [0.1, 0.15) is 99.1 Å². The van der Waals surface area contributed by atoms with Gasteiger partial charge in [-0.3, -0.25) is 14.9 Å². The van der Waals surface area contributed by atoms with Crippen LogP contribution in [-0.4, -0.2) is 45.8 Å². The number of amides is 2. The van der Waals surface area contributed by atoms with Gasteiger partial charge in [-0.05, 0) is 66.5 Å². The van der Waals surface area contributed by atoms with Crippen molar-refractivity contribution in [3.8, 4) is 0 Å². The standard InChI is InChI=1S/C30H41N3O4S/c1-28(2,3)18-8-6-17(7-9-18)26(37)33-27-32-25-20(14-24(36)31-19-10-11-19)29(4)13-12-23(35)30(5,16-34)22(29)15-21(25)38-27/h6-9,19-20,22-23,34-35H,10-16H2,1-5H3,(H,31,36)(H,32,33,37). The fourth-order valence-electron chi connectivity index (χ4n) is 6.69. The molecule has 5 rings (SSSR count). The van der Waals surface area contributed by atoms with Gasteiger partial charge >= 0.3 is 0 Å². The van der Waals surface area contributed by atoms with Crippen molar-refractivity contribution in [1.82, 2.24) is 10.3 Å². The van der Waals surface area contributed by atoms with Crippen molar-refractivity contribution in [3.63, 3.8) is 0 Å². The van der Waals surface area contributed by atoms with E-state index in [-0.39, 0.29) is 47.1 Å². The third kappa shape index (κ3) is 4.91. The summed E-state index contributed by atoms with van der Waals surface area (Å²) in [5.41, 5.74) is 1.66. The molecule has 38 heavy (non-hydrogen) atoms. The first kappa shape index (κ1) is 27.3. The highest BCUT2D eigenvalue weighted by molar-refractivity contribution is 7.15. The Morgan fingerprint density at radius 3 is 2.42 bits per heavy atom. The van der Waals surface area contributed by atoms with E-state index in [0.29, 0.717) is 30.0 Å². The van der Waals surface area contributed by atoms with Crippen LogP contribution in [0.25, 0.3) is 0 Å². The highest BCUT2D eigenvalue weighted by Gasteiger charge is 2.59. The molecule has 0 aliphatic heterocycles. The number of thiazole rings is 1. The number of aromatic nitrogens is 1. The number of hydrogen-bond acceptors (Lipinski definition) is 6. The minimum Gasteiger partial charge on any atom is -0.396 e. The molecular weight excluding hydrogens is 498 g/mol. The molecule has 0 radical (unpaired) electrons. The van der Waals surface area contributed by atoms with Crippen LogP contribution in [-0.2, 0) is 16.6 Å². The van der Waals surface area contributed by atoms with Crippen LogP contribution in [0.15, 0.2) is 24.3 Å². The Hall–Kier alpha value is -2.29. The van der Waals surface area contributed by atoms with Crippen molar-refractivity contribution >= 4 is 28.3 Å². The molecule has 2 aromatic rings. The zero-order valence-electron chi connectivity index (χ0n) is 23.1. The first-order valence-corrected chi connectivity index (χ1v) is 14.7. The molecule has 1 aromatic carbocycles. The molecule has 5 unspecified atom stereocenters. The summed E-state index contributed by atoms with van der Waals surface area (Å²) < 4.78 is 0. The molecule has 2 amide bonds. The lowest BCUT2D eigenvalue weighted by Crippen LogP contribution is -2.57. The van der Waals surface area contributed by atoms with Gasteiger partial charge < -0.3 is 15.5 Å². The fourth-order valence-corrected chi connectivity index (χ4v) is 7.75. The highest BCUT2D eigenvalue weighted by atomic mass is 32.1. The second-order valence-corrected chi connectivity index (χ2v) is 14.3. The van der Waals surface area contributed by atoms with E-state index in [1.807, 2.05) is 31.2 Å². The van der Waals surface area contributed by atoms with E-state index >= 15 is 0 Å². The molecule has 1 aromatic heterocycles. The average Bonchev–Trinajstić information content (AvgIpc) is 3.59. The number of anilines is 1. The minimum absolute atomic E-state index is 0.00765. The fraction of sp³-hybridized carbons (Fsp3) is 0.633. The topological polar surface area (TPSA) is 112 Å². The van der Waals surface area contributed by atoms with E-state index in [0.717, 1.165) is 35.4 Å². The molecule has 2 saturated carbocycles. The molecule has 0 saturated heterocycles. The summed E-state index contributed by atoms with van der Waals surface area (Å²) in [5, 5.41) is 28.0. The van der Waals surface area contributed by atoms with Gasteiger partial charge in [0.2, 0.25) is 5.91 Å². The molecule has 3 aliphatic rings. The van der Waals surface area contributed by atoms with Crippen molar-refractivity contribution in [3.05, 3.63) is 46.0 Å². The monoisotopic (exact) mass is 539 g/mol. The zero-order chi connectivity index (χ0) is 27.5. The van der Waals surface area contributed by atoms with Gasteiger partial charge in [0, 0.05) is 34.2 Å². The van der Waals surface area contributed by atoms with Gasteiger partial charge in [0.1, 0.15) is 0 Å². The van der Waals surface area contributed by atoms with Crippen LogP contribution in [0, 0.1) is 16.7 Å². The summed E-state index contributed by atoms with van der Waals surface area (Å²) in [7, 11) is 0. The summed E-state index contributed by atoms with van der Waals surface area (Å²) in [6, 6.07) is 7.95. The Morgan fingerprint density at radius 2 is 1.82 bits per heavy atom. The lowest BCUT2D eigenvalue weighted by atomic mass is 9.47. The minimum atomic E-state index is -0.669. The molecule has 4 N–H and O–H groups in total. The molecule has 206 valence electrons. The SMILES string of the molecule is CC(C)(C)c1ccc(C(=O)Nc2nc3c(s2)CC2C(C)(CO)C(O)CCC2(C)C3CC(=O)NC2CC2)cc1. The van der Waals surface area contributed by atoms with Crippen LogP contribution in [0.3, 0.4) is 0 Å². The second kappa shape index (κ2) is 9.72. The van der Waals surface area contributed by atoms with Gasteiger partial charge in [-0.15, -0.1) is 11.3 Å². The van der Waals surface area contributed by atoms with Gasteiger partial charge in [-0.1, -0.05) is 46.8 Å². The van der Waals surface area contributed by atoms with Crippen LogP contribution < -0.4 is 10.6 Å². The Kier molecular flexibility index (Phi) is 6.98. The first-order chi connectivity index (χ1) is 17.8. The Labute approximate surface area is 229 Å². The van der Waals surface area contributed by atoms with Crippen molar-refractivity contribution in [2.45, 2.75) is 96.6 Å². The maximum atomic E-state index is 13.1. The van der Waals surface area contributed by atoms with E-state index in [4.69, 9.17) is 4.98 Å². The molecular formula is C30H41N3O4S. The van der Waals surface area contributed by atoms with Gasteiger partial charge in [-0.25, -0.2) is 4.98 Å². The lowest BCUT2D eigenvalue weighted by molar-refractivity contribution is -0.144. The van der Waals surface area contributed by atoms with Crippen LogP contribution in [0.2, 0.25) is 0 Å². The number of nitrogens with one attached hydrogen (secondary N) is 2. The number of nitrogens with zero attached hydrogens (tertiary/aromatic N) is 1. The number of carbonyl (C=O) groups is 2. The molecule has 2 fully saturated rings. The van der Waals surface area contributed by atoms with Gasteiger partial charge in [0.15, 0.2) is 5.13 Å². The third-order valence-electron chi connectivity index (χ3n) is 9.46. The smallest absolute Gasteiger partial charge is 0.257 e. The van der Waals surface area contributed by atoms with E-state index in [1.165, 1.54) is 11.3 Å². The summed E-state index contributed by atoms with van der Waals surface area (Å²) in [6.07, 6.45) is 3.78. The highest BCUT2D eigenvalue weighted by Crippen LogP contribution is 2.62. The molecule has 0 spiro atoms. The van der Waals surface area contributed by atoms with E-state index < -0.39 is 11.5 Å². The molecule has 7 nitrogen and oxygen atoms in total. The third-order valence-corrected chi connectivity index (χ3v) is 10.5. The Morgan fingerprint density at radius 1 is 1.13 bits per heavy atom. The number of fused-ring (bicyclic) bond motifs is 2. The number of rotatable bonds is 6. The number of benzene rings is 1. The maximum absolute atomic E-state index is 13.1. The molecule has 0 bridgehead atoms. The summed E-state index contributed by atoms with van der Waals surface area (Å²) in [4.78, 5) is 32.1. The number of carbonyl (C=O) groups excluding carboxylic acids is 2. The van der Waals surface area contributed by atoms with Gasteiger partial charge in [-0.2, -0.15) is 0 Å². The van der Waals surface area contributed by atoms with E-state index in [9.17, 15) is 19.8 Å². The number of aliphatic hydroxyl groups is 2. The van der Waals surface area contributed by atoms with Crippen molar-refractivity contribution < 1.29 is 19.8 Å². The summed E-state index contributed by atoms with van der Waals surface area (Å²) >= 11 is 1.45. The Bertz CT molecular complexity index is 1220. The van der Waals surface area contributed by atoms with Crippen LogP contribution in [0.5, 0.6) is 0 Å². The van der Waals surface area contributed by atoms with Gasteiger partial charge in [0.25, 0.3) is 5.91 Å². The second-order valence-electron chi connectivity index (χ2n) is 13.2. The number of hydrogen-bond donors (Lipinski definition) is 4. The van der Waals surface area contributed by atoms with E-state index in [2.05, 4.69) is 38.3 Å². The van der Waals surface area contributed by atoms with Crippen molar-refractivity contribution in [2.24, 2.45) is 16.7 Å². The lowest BCUT2D eigenvalue weighted by Gasteiger charge is -2.58. The predicted octanol–water partition coefficient (Wildman–Crippen LogP) is 4.78. The van der Waals surface area contributed by atoms with Crippen LogP contribution >= 0.6 is 11.3 Å². The molecule has 3 aliphatic carbocycles.